The van der Waals surface area contributed by atoms with Gasteiger partial charge in [0, 0.05) is 25.0 Å². The largest absolute Gasteiger partial charge is 0.333 e. The molecule has 3 aromatic rings. The number of rotatable bonds is 3. The van der Waals surface area contributed by atoms with E-state index in [4.69, 9.17) is 0 Å². The van der Waals surface area contributed by atoms with Crippen molar-refractivity contribution in [3.63, 3.8) is 0 Å². The first-order chi connectivity index (χ1) is 9.90. The van der Waals surface area contributed by atoms with E-state index in [1.807, 2.05) is 25.0 Å². The summed E-state index contributed by atoms with van der Waals surface area (Å²) < 4.78 is 4.47. The highest BCUT2D eigenvalue weighted by Crippen LogP contribution is 2.32. The van der Waals surface area contributed by atoms with Gasteiger partial charge in [-0.2, -0.15) is 0 Å². The minimum Gasteiger partial charge on any atom is -0.333 e. The van der Waals surface area contributed by atoms with Gasteiger partial charge >= 0.3 is 0 Å². The predicted molar refractivity (Wildman–Crippen MR) is 78.6 cm³/mol. The molecule has 1 aliphatic carbocycles. The number of hydrogen-bond donors (Lipinski definition) is 0. The highest BCUT2D eigenvalue weighted by atomic mass is 15.1. The van der Waals surface area contributed by atoms with E-state index in [9.17, 15) is 0 Å². The molecule has 102 valence electrons. The molecule has 1 aliphatic rings. The van der Waals surface area contributed by atoms with Crippen molar-refractivity contribution >= 4 is 11.0 Å². The third-order valence-corrected chi connectivity index (χ3v) is 4.28. The van der Waals surface area contributed by atoms with Crippen LogP contribution in [0, 0.1) is 0 Å². The van der Waals surface area contributed by atoms with Gasteiger partial charge in [-0.25, -0.2) is 9.97 Å². The average molecular weight is 266 g/mol. The molecule has 4 nitrogen and oxygen atoms in total. The summed E-state index contributed by atoms with van der Waals surface area (Å²) in [6.45, 7) is 0.867. The molecular formula is C16H18N4. The van der Waals surface area contributed by atoms with Gasteiger partial charge in [0.05, 0.1) is 23.7 Å². The average Bonchev–Trinajstić information content (AvgIpc) is 3.19. The van der Waals surface area contributed by atoms with Gasteiger partial charge < -0.3 is 9.13 Å². The van der Waals surface area contributed by atoms with E-state index in [2.05, 4.69) is 37.3 Å². The molecule has 4 heteroatoms. The molecule has 0 spiro atoms. The summed E-state index contributed by atoms with van der Waals surface area (Å²) in [6, 6.07) is 7.21. The van der Waals surface area contributed by atoms with E-state index in [1.165, 1.54) is 36.8 Å². The fraction of sp³-hybridized carbons (Fsp3) is 0.375. The molecule has 4 rings (SSSR count). The number of hydrogen-bond acceptors (Lipinski definition) is 2. The summed E-state index contributed by atoms with van der Waals surface area (Å²) in [7, 11) is 0. The Morgan fingerprint density at radius 3 is 2.85 bits per heavy atom. The van der Waals surface area contributed by atoms with Crippen LogP contribution in [0.2, 0.25) is 0 Å². The van der Waals surface area contributed by atoms with Gasteiger partial charge in [-0.1, -0.05) is 18.9 Å². The Hall–Kier alpha value is -2.10. The summed E-state index contributed by atoms with van der Waals surface area (Å²) in [5, 5.41) is 0. The zero-order valence-corrected chi connectivity index (χ0v) is 11.4. The normalized spacial score (nSPS) is 16.2. The lowest BCUT2D eigenvalue weighted by atomic mass is 10.1. The van der Waals surface area contributed by atoms with Crippen LogP contribution in [-0.4, -0.2) is 19.1 Å². The van der Waals surface area contributed by atoms with Gasteiger partial charge in [-0.15, -0.1) is 0 Å². The van der Waals surface area contributed by atoms with Crippen LogP contribution in [-0.2, 0) is 6.54 Å². The Balaban J connectivity index is 1.71. The quantitative estimate of drug-likeness (QED) is 0.728. The van der Waals surface area contributed by atoms with E-state index in [1.54, 1.807) is 0 Å². The summed E-state index contributed by atoms with van der Waals surface area (Å²) in [5.74, 6) is 0. The number of benzene rings is 1. The van der Waals surface area contributed by atoms with Crippen molar-refractivity contribution in [3.05, 3.63) is 48.8 Å². The maximum atomic E-state index is 4.55. The highest BCUT2D eigenvalue weighted by Gasteiger charge is 2.18. The lowest BCUT2D eigenvalue weighted by molar-refractivity contribution is 0.532. The molecule has 0 N–H and O–H groups in total. The Bertz CT molecular complexity index is 705. The van der Waals surface area contributed by atoms with Crippen molar-refractivity contribution in [1.29, 1.82) is 0 Å². The summed E-state index contributed by atoms with van der Waals surface area (Å²) in [6.07, 6.45) is 13.0. The van der Waals surface area contributed by atoms with Crippen LogP contribution in [0.1, 0.15) is 37.3 Å². The molecule has 0 saturated heterocycles. The lowest BCUT2D eigenvalue weighted by Gasteiger charge is -2.12. The van der Waals surface area contributed by atoms with Gasteiger partial charge in [-0.05, 0) is 30.5 Å². The third kappa shape index (κ3) is 2.01. The van der Waals surface area contributed by atoms with Crippen LogP contribution in [0.5, 0.6) is 0 Å². The van der Waals surface area contributed by atoms with E-state index in [-0.39, 0.29) is 0 Å². The minimum absolute atomic E-state index is 0.642. The Morgan fingerprint density at radius 2 is 2.05 bits per heavy atom. The third-order valence-electron chi connectivity index (χ3n) is 4.28. The fourth-order valence-corrected chi connectivity index (χ4v) is 3.23. The predicted octanol–water partition coefficient (Wildman–Crippen LogP) is 3.40. The van der Waals surface area contributed by atoms with Crippen molar-refractivity contribution in [2.45, 2.75) is 38.3 Å². The number of fused-ring (bicyclic) bond motifs is 1. The maximum Gasteiger partial charge on any atom is 0.0960 e. The van der Waals surface area contributed by atoms with E-state index in [0.29, 0.717) is 6.04 Å². The fourth-order valence-electron chi connectivity index (χ4n) is 3.23. The van der Waals surface area contributed by atoms with Gasteiger partial charge in [0.25, 0.3) is 0 Å². The van der Waals surface area contributed by atoms with Crippen molar-refractivity contribution in [1.82, 2.24) is 19.1 Å². The van der Waals surface area contributed by atoms with Crippen LogP contribution < -0.4 is 0 Å². The second kappa shape index (κ2) is 4.78. The zero-order chi connectivity index (χ0) is 13.4. The standard InChI is InChI=1S/C16H18N4/c1-2-4-14(3-1)20-12-18-15-6-5-13(9-16(15)20)10-19-8-7-17-11-19/h5-9,11-12,14H,1-4,10H2. The highest BCUT2D eigenvalue weighted by molar-refractivity contribution is 5.76. The van der Waals surface area contributed by atoms with E-state index < -0.39 is 0 Å². The molecule has 1 aromatic carbocycles. The van der Waals surface area contributed by atoms with Crippen molar-refractivity contribution < 1.29 is 0 Å². The minimum atomic E-state index is 0.642. The van der Waals surface area contributed by atoms with Crippen molar-refractivity contribution in [3.8, 4) is 0 Å². The summed E-state index contributed by atoms with van der Waals surface area (Å²) >= 11 is 0. The number of aromatic nitrogens is 4. The van der Waals surface area contributed by atoms with Crippen LogP contribution in [0.25, 0.3) is 11.0 Å². The lowest BCUT2D eigenvalue weighted by Crippen LogP contribution is -2.03. The van der Waals surface area contributed by atoms with Crippen LogP contribution >= 0.6 is 0 Å². The van der Waals surface area contributed by atoms with Crippen molar-refractivity contribution in [2.24, 2.45) is 0 Å². The topological polar surface area (TPSA) is 35.6 Å². The molecular weight excluding hydrogens is 248 g/mol. The van der Waals surface area contributed by atoms with Gasteiger partial charge in [-0.3, -0.25) is 0 Å². The molecule has 0 bridgehead atoms. The molecule has 0 radical (unpaired) electrons. The Labute approximate surface area is 118 Å². The Morgan fingerprint density at radius 1 is 1.15 bits per heavy atom. The maximum absolute atomic E-state index is 4.55. The van der Waals surface area contributed by atoms with E-state index in [0.717, 1.165) is 12.1 Å². The molecule has 0 aliphatic heterocycles. The molecule has 2 heterocycles. The number of imidazole rings is 2. The molecule has 1 saturated carbocycles. The van der Waals surface area contributed by atoms with Gasteiger partial charge in [0.1, 0.15) is 0 Å². The second-order valence-corrected chi connectivity index (χ2v) is 5.65. The molecule has 0 atom stereocenters. The summed E-state index contributed by atoms with van der Waals surface area (Å²) in [4.78, 5) is 8.64. The summed E-state index contributed by atoms with van der Waals surface area (Å²) in [5.41, 5.74) is 3.68. The zero-order valence-electron chi connectivity index (χ0n) is 11.4. The first kappa shape index (κ1) is 11.7. The van der Waals surface area contributed by atoms with Crippen LogP contribution in [0.4, 0.5) is 0 Å². The monoisotopic (exact) mass is 266 g/mol. The molecule has 2 aromatic heterocycles. The smallest absolute Gasteiger partial charge is 0.0960 e. The van der Waals surface area contributed by atoms with Gasteiger partial charge in [0.15, 0.2) is 0 Å². The molecule has 0 amide bonds. The van der Waals surface area contributed by atoms with Crippen LogP contribution in [0.3, 0.4) is 0 Å². The van der Waals surface area contributed by atoms with Gasteiger partial charge in [0.2, 0.25) is 0 Å². The van der Waals surface area contributed by atoms with Crippen molar-refractivity contribution in [2.75, 3.05) is 0 Å². The molecule has 20 heavy (non-hydrogen) atoms. The SMILES string of the molecule is c1cn(Cc2ccc3ncn(C4CCCC4)c3c2)cn1. The van der Waals surface area contributed by atoms with E-state index >= 15 is 0 Å². The second-order valence-electron chi connectivity index (χ2n) is 5.65. The first-order valence-electron chi connectivity index (χ1n) is 7.31. The Kier molecular flexibility index (Phi) is 2.80. The van der Waals surface area contributed by atoms with Crippen LogP contribution in [0.15, 0.2) is 43.2 Å². The number of nitrogens with zero attached hydrogens (tertiary/aromatic N) is 4. The first-order valence-corrected chi connectivity index (χ1v) is 7.31. The molecule has 1 fully saturated rings. The molecule has 0 unspecified atom stereocenters.